The Morgan fingerprint density at radius 1 is 1.32 bits per heavy atom. The van der Waals surface area contributed by atoms with E-state index >= 15 is 0 Å². The Labute approximate surface area is 163 Å². The molecule has 1 amide bonds. The van der Waals surface area contributed by atoms with Gasteiger partial charge < -0.3 is 4.57 Å². The fraction of sp³-hybridized carbons (Fsp3) is 0.111. The first-order valence-corrected chi connectivity index (χ1v) is 10.5. The van der Waals surface area contributed by atoms with Crippen molar-refractivity contribution in [1.82, 2.24) is 4.57 Å². The van der Waals surface area contributed by atoms with E-state index in [-0.39, 0.29) is 27.5 Å². The van der Waals surface area contributed by atoms with Crippen LogP contribution < -0.4 is 4.80 Å². The third-order valence-electron chi connectivity index (χ3n) is 3.84. The Hall–Kier alpha value is -3.29. The van der Waals surface area contributed by atoms with Gasteiger partial charge in [-0.1, -0.05) is 29.4 Å². The number of rotatable bonds is 4. The summed E-state index contributed by atoms with van der Waals surface area (Å²) in [7, 11) is -3.62. The van der Waals surface area contributed by atoms with E-state index in [0.717, 1.165) is 17.6 Å². The predicted octanol–water partition coefficient (Wildman–Crippen LogP) is 2.39. The Morgan fingerprint density at radius 2 is 2.04 bits per heavy atom. The van der Waals surface area contributed by atoms with Crippen molar-refractivity contribution >= 4 is 43.0 Å². The first-order chi connectivity index (χ1) is 13.2. The number of thiazole rings is 1. The van der Waals surface area contributed by atoms with Gasteiger partial charge in [0, 0.05) is 18.4 Å². The van der Waals surface area contributed by atoms with Crippen LogP contribution in [0.2, 0.25) is 0 Å². The van der Waals surface area contributed by atoms with Crippen LogP contribution in [0.5, 0.6) is 0 Å². The standard InChI is InChI=1S/C18H13N3O5S2/c1-3-10-20-14-9-8-12(21(23)24)11-15(14)27-18(20)19-17(22)13-6-4-5-7-16(13)28(2,25)26/h1,4-9,11H,10H2,2H3. The Kier molecular flexibility index (Phi) is 5.13. The second-order valence-electron chi connectivity index (χ2n) is 5.77. The molecule has 0 aliphatic carbocycles. The predicted molar refractivity (Wildman–Crippen MR) is 105 cm³/mol. The number of nitro benzene ring substituents is 1. The molecule has 0 atom stereocenters. The number of benzene rings is 2. The molecule has 0 radical (unpaired) electrons. The molecule has 3 aromatic rings. The van der Waals surface area contributed by atoms with Crippen LogP contribution in [0.1, 0.15) is 10.4 Å². The van der Waals surface area contributed by atoms with Crippen LogP contribution in [0.3, 0.4) is 0 Å². The average Bonchev–Trinajstić information content (AvgIpc) is 2.97. The molecule has 0 bridgehead atoms. The van der Waals surface area contributed by atoms with E-state index in [0.29, 0.717) is 10.2 Å². The Balaban J connectivity index is 2.22. The molecular weight excluding hydrogens is 402 g/mol. The van der Waals surface area contributed by atoms with E-state index in [4.69, 9.17) is 6.42 Å². The maximum Gasteiger partial charge on any atom is 0.280 e. The Bertz CT molecular complexity index is 1330. The lowest BCUT2D eigenvalue weighted by Crippen LogP contribution is -2.17. The van der Waals surface area contributed by atoms with Crippen LogP contribution in [-0.2, 0) is 16.4 Å². The van der Waals surface area contributed by atoms with Crippen molar-refractivity contribution in [2.45, 2.75) is 11.4 Å². The van der Waals surface area contributed by atoms with Gasteiger partial charge in [0.1, 0.15) is 0 Å². The van der Waals surface area contributed by atoms with Crippen molar-refractivity contribution in [2.24, 2.45) is 4.99 Å². The van der Waals surface area contributed by atoms with Crippen molar-refractivity contribution < 1.29 is 18.1 Å². The summed E-state index contributed by atoms with van der Waals surface area (Å²) < 4.78 is 26.0. The minimum Gasteiger partial charge on any atom is -0.305 e. The number of hydrogen-bond acceptors (Lipinski definition) is 6. The third kappa shape index (κ3) is 3.71. The molecule has 1 heterocycles. The van der Waals surface area contributed by atoms with Gasteiger partial charge in [0.05, 0.1) is 32.1 Å². The fourth-order valence-electron chi connectivity index (χ4n) is 2.62. The average molecular weight is 415 g/mol. The van der Waals surface area contributed by atoms with Gasteiger partial charge in [0.2, 0.25) is 0 Å². The van der Waals surface area contributed by atoms with Crippen LogP contribution >= 0.6 is 11.3 Å². The molecule has 2 aromatic carbocycles. The van der Waals surface area contributed by atoms with Gasteiger partial charge in [-0.15, -0.1) is 6.42 Å². The van der Waals surface area contributed by atoms with E-state index in [1.54, 1.807) is 10.6 Å². The third-order valence-corrected chi connectivity index (χ3v) is 6.04. The molecule has 0 fully saturated rings. The molecule has 0 saturated carbocycles. The molecule has 142 valence electrons. The largest absolute Gasteiger partial charge is 0.305 e. The molecule has 1 aromatic heterocycles. The van der Waals surface area contributed by atoms with Crippen molar-refractivity contribution in [3.05, 3.63) is 62.9 Å². The highest BCUT2D eigenvalue weighted by molar-refractivity contribution is 7.90. The molecular formula is C18H13N3O5S2. The van der Waals surface area contributed by atoms with Gasteiger partial charge in [-0.05, 0) is 18.2 Å². The summed E-state index contributed by atoms with van der Waals surface area (Å²) in [5, 5.41) is 11.0. The van der Waals surface area contributed by atoms with Crippen LogP contribution in [-0.4, -0.2) is 30.1 Å². The van der Waals surface area contributed by atoms with Crippen LogP contribution in [0, 0.1) is 22.5 Å². The number of amides is 1. The first kappa shape index (κ1) is 19.5. The second-order valence-corrected chi connectivity index (χ2v) is 8.76. The highest BCUT2D eigenvalue weighted by atomic mass is 32.2. The normalized spacial score (nSPS) is 12.1. The Morgan fingerprint density at radius 3 is 2.68 bits per heavy atom. The minimum absolute atomic E-state index is 0.0549. The number of non-ortho nitro benzene ring substituents is 1. The summed E-state index contributed by atoms with van der Waals surface area (Å²) in [6.07, 6.45) is 6.41. The second kappa shape index (κ2) is 7.38. The molecule has 0 unspecified atom stereocenters. The number of nitrogens with zero attached hydrogens (tertiary/aromatic N) is 3. The lowest BCUT2D eigenvalue weighted by molar-refractivity contribution is -0.384. The zero-order valence-electron chi connectivity index (χ0n) is 14.5. The summed E-state index contributed by atoms with van der Waals surface area (Å²) in [6.45, 7) is 0.0949. The number of sulfone groups is 1. The quantitative estimate of drug-likeness (QED) is 0.369. The molecule has 8 nitrogen and oxygen atoms in total. The van der Waals surface area contributed by atoms with Crippen LogP contribution in [0.4, 0.5) is 5.69 Å². The number of aromatic nitrogens is 1. The van der Waals surface area contributed by atoms with Gasteiger partial charge in [-0.3, -0.25) is 14.9 Å². The number of terminal acetylenes is 1. The van der Waals surface area contributed by atoms with Crippen molar-refractivity contribution in [1.29, 1.82) is 0 Å². The number of fused-ring (bicyclic) bond motifs is 1. The summed E-state index contributed by atoms with van der Waals surface area (Å²) in [4.78, 5) is 27.3. The smallest absolute Gasteiger partial charge is 0.280 e. The van der Waals surface area contributed by atoms with Gasteiger partial charge in [0.25, 0.3) is 11.6 Å². The summed E-state index contributed by atoms with van der Waals surface area (Å²) >= 11 is 1.06. The van der Waals surface area contributed by atoms with Gasteiger partial charge in [-0.25, -0.2) is 8.42 Å². The maximum absolute atomic E-state index is 12.7. The SMILES string of the molecule is C#CCn1c(=NC(=O)c2ccccc2S(C)(=O)=O)sc2cc([N+](=O)[O-])ccc21. The summed E-state index contributed by atoms with van der Waals surface area (Å²) in [6, 6.07) is 10.0. The van der Waals surface area contributed by atoms with E-state index < -0.39 is 20.7 Å². The van der Waals surface area contributed by atoms with Crippen molar-refractivity contribution in [3.63, 3.8) is 0 Å². The summed E-state index contributed by atoms with van der Waals surface area (Å²) in [5.41, 5.74) is 0.444. The molecule has 0 aliphatic heterocycles. The number of carbonyl (C=O) groups excluding carboxylic acids is 1. The number of carbonyl (C=O) groups is 1. The molecule has 0 N–H and O–H groups in total. The van der Waals surface area contributed by atoms with Crippen LogP contribution in [0.15, 0.2) is 52.4 Å². The molecule has 0 aliphatic rings. The van der Waals surface area contributed by atoms with E-state index in [2.05, 4.69) is 10.9 Å². The molecule has 28 heavy (non-hydrogen) atoms. The van der Waals surface area contributed by atoms with Gasteiger partial charge in [0.15, 0.2) is 14.6 Å². The monoisotopic (exact) mass is 415 g/mol. The van der Waals surface area contributed by atoms with E-state index in [1.165, 1.54) is 36.4 Å². The maximum atomic E-state index is 12.7. The lowest BCUT2D eigenvalue weighted by Gasteiger charge is -2.04. The number of hydrogen-bond donors (Lipinski definition) is 0. The molecule has 3 rings (SSSR count). The topological polar surface area (TPSA) is 112 Å². The highest BCUT2D eigenvalue weighted by Crippen LogP contribution is 2.23. The first-order valence-electron chi connectivity index (χ1n) is 7.82. The summed E-state index contributed by atoms with van der Waals surface area (Å²) in [5.74, 6) is 1.71. The van der Waals surface area contributed by atoms with Gasteiger partial charge in [-0.2, -0.15) is 4.99 Å². The molecule has 0 saturated heterocycles. The highest BCUT2D eigenvalue weighted by Gasteiger charge is 2.18. The minimum atomic E-state index is -3.62. The zero-order chi connectivity index (χ0) is 20.5. The molecule has 10 heteroatoms. The fourth-order valence-corrected chi connectivity index (χ4v) is 4.56. The lowest BCUT2D eigenvalue weighted by atomic mass is 10.2. The zero-order valence-corrected chi connectivity index (χ0v) is 16.2. The van der Waals surface area contributed by atoms with E-state index in [9.17, 15) is 23.3 Å². The van der Waals surface area contributed by atoms with Crippen molar-refractivity contribution in [2.75, 3.05) is 6.26 Å². The molecule has 0 spiro atoms. The number of nitro groups is 1. The van der Waals surface area contributed by atoms with Gasteiger partial charge >= 0.3 is 0 Å². The van der Waals surface area contributed by atoms with Crippen LogP contribution in [0.25, 0.3) is 10.2 Å². The van der Waals surface area contributed by atoms with E-state index in [1.807, 2.05) is 0 Å². The van der Waals surface area contributed by atoms with Crippen molar-refractivity contribution in [3.8, 4) is 12.3 Å².